The molecule has 6 nitrogen and oxygen atoms in total. The first-order valence-corrected chi connectivity index (χ1v) is 6.90. The number of amides is 1. The first-order chi connectivity index (χ1) is 11.1. The summed E-state index contributed by atoms with van der Waals surface area (Å²) in [4.78, 5) is 30.7. The lowest BCUT2D eigenvalue weighted by molar-refractivity contribution is 0.102. The van der Waals surface area contributed by atoms with Crippen LogP contribution in [0.5, 0.6) is 5.88 Å². The third-order valence-corrected chi connectivity index (χ3v) is 3.22. The Morgan fingerprint density at radius 3 is 2.22 bits per heavy atom. The van der Waals surface area contributed by atoms with Crippen LogP contribution in [0.4, 0.5) is 5.69 Å². The molecule has 23 heavy (non-hydrogen) atoms. The lowest BCUT2D eigenvalue weighted by Crippen LogP contribution is -2.21. The Labute approximate surface area is 131 Å². The van der Waals surface area contributed by atoms with Crippen LogP contribution in [-0.2, 0) is 0 Å². The molecule has 0 aliphatic heterocycles. The van der Waals surface area contributed by atoms with Crippen molar-refractivity contribution in [3.8, 4) is 17.3 Å². The predicted octanol–water partition coefficient (Wildman–Crippen LogP) is 2.39. The Balaban J connectivity index is 1.93. The molecule has 3 aromatic rings. The zero-order valence-corrected chi connectivity index (χ0v) is 12.0. The number of hydrogen-bond donors (Lipinski definition) is 3. The topological polar surface area (TPSA) is 95.1 Å². The molecule has 0 fully saturated rings. The number of benzene rings is 2. The van der Waals surface area contributed by atoms with E-state index < -0.39 is 17.3 Å². The minimum atomic E-state index is -0.624. The van der Waals surface area contributed by atoms with Gasteiger partial charge in [-0.05, 0) is 12.1 Å². The van der Waals surface area contributed by atoms with Gasteiger partial charge < -0.3 is 15.4 Å². The second-order valence-electron chi connectivity index (χ2n) is 4.80. The molecule has 6 heteroatoms. The Hall–Kier alpha value is -3.41. The number of anilines is 1. The van der Waals surface area contributed by atoms with Crippen molar-refractivity contribution in [2.75, 3.05) is 5.32 Å². The molecule has 3 N–H and O–H groups in total. The van der Waals surface area contributed by atoms with E-state index in [1.165, 1.54) is 0 Å². The predicted molar refractivity (Wildman–Crippen MR) is 86.4 cm³/mol. The van der Waals surface area contributed by atoms with Crippen molar-refractivity contribution in [1.82, 2.24) is 9.97 Å². The maximum absolute atomic E-state index is 12.1. The average molecular weight is 307 g/mol. The standard InChI is InChI=1S/C17H13N3O3/c21-15(12-9-5-2-6-10-12)18-13-16(22)19-14(20-17(13)23)11-7-3-1-4-8-11/h1-10H,(H,18,21)(H2,19,20,22,23). The zero-order chi connectivity index (χ0) is 16.2. The molecule has 3 rings (SSSR count). The number of hydrogen-bond acceptors (Lipinski definition) is 4. The first-order valence-electron chi connectivity index (χ1n) is 6.90. The Morgan fingerprint density at radius 2 is 1.61 bits per heavy atom. The number of carbonyl (C=O) groups is 1. The Morgan fingerprint density at radius 1 is 1.00 bits per heavy atom. The highest BCUT2D eigenvalue weighted by molar-refractivity contribution is 6.04. The van der Waals surface area contributed by atoms with Crippen LogP contribution in [0.1, 0.15) is 10.4 Å². The molecule has 0 spiro atoms. The van der Waals surface area contributed by atoms with Gasteiger partial charge in [0, 0.05) is 11.1 Å². The smallest absolute Gasteiger partial charge is 0.278 e. The molecule has 0 saturated heterocycles. The van der Waals surface area contributed by atoms with Crippen LogP contribution in [-0.4, -0.2) is 21.0 Å². The van der Waals surface area contributed by atoms with E-state index in [-0.39, 0.29) is 11.5 Å². The summed E-state index contributed by atoms with van der Waals surface area (Å²) in [7, 11) is 0. The minimum absolute atomic E-state index is 0.228. The molecule has 0 atom stereocenters. The zero-order valence-electron chi connectivity index (χ0n) is 12.0. The third-order valence-electron chi connectivity index (χ3n) is 3.22. The summed E-state index contributed by atoms with van der Waals surface area (Å²) in [6.07, 6.45) is 0. The molecule has 114 valence electrons. The summed E-state index contributed by atoms with van der Waals surface area (Å²) in [5, 5.41) is 12.4. The van der Waals surface area contributed by atoms with Crippen LogP contribution in [0.15, 0.2) is 65.5 Å². The van der Waals surface area contributed by atoms with Gasteiger partial charge in [-0.25, -0.2) is 0 Å². The molecule has 2 aromatic carbocycles. The number of aromatic amines is 1. The van der Waals surface area contributed by atoms with Crippen molar-refractivity contribution in [3.63, 3.8) is 0 Å². The van der Waals surface area contributed by atoms with Crippen LogP contribution < -0.4 is 10.9 Å². The summed E-state index contributed by atoms with van der Waals surface area (Å²) in [6.45, 7) is 0. The first kappa shape index (κ1) is 14.5. The van der Waals surface area contributed by atoms with E-state index in [9.17, 15) is 14.7 Å². The second kappa shape index (κ2) is 6.15. The van der Waals surface area contributed by atoms with Crippen molar-refractivity contribution >= 4 is 11.6 Å². The molecule has 0 bridgehead atoms. The normalized spacial score (nSPS) is 10.3. The maximum Gasteiger partial charge on any atom is 0.278 e. The average Bonchev–Trinajstić information content (AvgIpc) is 2.59. The van der Waals surface area contributed by atoms with Gasteiger partial charge in [0.1, 0.15) is 5.82 Å². The van der Waals surface area contributed by atoms with Crippen molar-refractivity contribution in [2.24, 2.45) is 0 Å². The summed E-state index contributed by atoms with van der Waals surface area (Å²) >= 11 is 0. The number of nitrogens with one attached hydrogen (secondary N) is 2. The van der Waals surface area contributed by atoms with Gasteiger partial charge in [-0.15, -0.1) is 0 Å². The fourth-order valence-corrected chi connectivity index (χ4v) is 2.08. The molecule has 1 amide bonds. The number of rotatable bonds is 3. The van der Waals surface area contributed by atoms with E-state index >= 15 is 0 Å². The minimum Gasteiger partial charge on any atom is -0.492 e. The van der Waals surface area contributed by atoms with Gasteiger partial charge >= 0.3 is 0 Å². The molecule has 1 heterocycles. The van der Waals surface area contributed by atoms with Crippen LogP contribution in [0.2, 0.25) is 0 Å². The summed E-state index contributed by atoms with van der Waals surface area (Å²) in [5.41, 5.74) is 0.124. The Kier molecular flexibility index (Phi) is 3.88. The summed E-state index contributed by atoms with van der Waals surface area (Å²) < 4.78 is 0. The van der Waals surface area contributed by atoms with Gasteiger partial charge in [0.05, 0.1) is 0 Å². The summed E-state index contributed by atoms with van der Waals surface area (Å²) in [5.74, 6) is -0.802. The van der Waals surface area contributed by atoms with Crippen molar-refractivity contribution < 1.29 is 9.90 Å². The van der Waals surface area contributed by atoms with Gasteiger partial charge in [0.2, 0.25) is 5.88 Å². The van der Waals surface area contributed by atoms with Crippen LogP contribution in [0, 0.1) is 0 Å². The van der Waals surface area contributed by atoms with Gasteiger partial charge in [-0.3, -0.25) is 9.59 Å². The van der Waals surface area contributed by atoms with Crippen molar-refractivity contribution in [1.29, 1.82) is 0 Å². The largest absolute Gasteiger partial charge is 0.492 e. The molecule has 0 saturated carbocycles. The van der Waals surface area contributed by atoms with E-state index in [1.54, 1.807) is 54.6 Å². The monoisotopic (exact) mass is 307 g/mol. The van der Waals surface area contributed by atoms with Gasteiger partial charge in [0.25, 0.3) is 11.5 Å². The Bertz CT molecular complexity index is 890. The fraction of sp³-hybridized carbons (Fsp3) is 0. The lowest BCUT2D eigenvalue weighted by Gasteiger charge is -2.07. The lowest BCUT2D eigenvalue weighted by atomic mass is 10.2. The highest BCUT2D eigenvalue weighted by Gasteiger charge is 2.15. The fourth-order valence-electron chi connectivity index (χ4n) is 2.08. The van der Waals surface area contributed by atoms with Gasteiger partial charge in [-0.2, -0.15) is 4.98 Å². The highest BCUT2D eigenvalue weighted by Crippen LogP contribution is 2.20. The maximum atomic E-state index is 12.1. The molecule has 0 unspecified atom stereocenters. The molecule has 0 aliphatic rings. The highest BCUT2D eigenvalue weighted by atomic mass is 16.3. The van der Waals surface area contributed by atoms with Crippen LogP contribution >= 0.6 is 0 Å². The third kappa shape index (κ3) is 3.11. The van der Waals surface area contributed by atoms with Crippen LogP contribution in [0.25, 0.3) is 11.4 Å². The van der Waals surface area contributed by atoms with E-state index in [4.69, 9.17) is 0 Å². The molecular formula is C17H13N3O3. The summed E-state index contributed by atoms with van der Waals surface area (Å²) in [6, 6.07) is 17.3. The molecule has 0 aliphatic carbocycles. The molecule has 1 aromatic heterocycles. The van der Waals surface area contributed by atoms with Crippen LogP contribution in [0.3, 0.4) is 0 Å². The van der Waals surface area contributed by atoms with E-state index in [0.717, 1.165) is 0 Å². The van der Waals surface area contributed by atoms with Gasteiger partial charge in [0.15, 0.2) is 5.69 Å². The second-order valence-corrected chi connectivity index (χ2v) is 4.80. The van der Waals surface area contributed by atoms with E-state index in [2.05, 4.69) is 15.3 Å². The van der Waals surface area contributed by atoms with Crippen molar-refractivity contribution in [3.05, 3.63) is 76.6 Å². The number of nitrogens with zero attached hydrogens (tertiary/aromatic N) is 1. The van der Waals surface area contributed by atoms with E-state index in [1.807, 2.05) is 6.07 Å². The van der Waals surface area contributed by atoms with Crippen molar-refractivity contribution in [2.45, 2.75) is 0 Å². The molecule has 0 radical (unpaired) electrons. The number of carbonyl (C=O) groups excluding carboxylic acids is 1. The van der Waals surface area contributed by atoms with E-state index in [0.29, 0.717) is 11.1 Å². The number of aromatic hydroxyl groups is 1. The molecular weight excluding hydrogens is 294 g/mol. The SMILES string of the molecule is O=C(Nc1c(O)nc(-c2ccccc2)[nH]c1=O)c1ccccc1. The number of H-pyrrole nitrogens is 1. The number of aromatic nitrogens is 2. The van der Waals surface area contributed by atoms with Gasteiger partial charge in [-0.1, -0.05) is 48.5 Å². The quantitative estimate of drug-likeness (QED) is 0.692.